The van der Waals surface area contributed by atoms with Crippen molar-refractivity contribution in [2.75, 3.05) is 0 Å². The Morgan fingerprint density at radius 3 is 2.60 bits per heavy atom. The highest BCUT2D eigenvalue weighted by atomic mass is 17.2. The second kappa shape index (κ2) is 4.80. The number of carbonyl (C=O) groups excluding carboxylic acids is 1. The van der Waals surface area contributed by atoms with Gasteiger partial charge in [0.05, 0.1) is 0 Å². The number of benzene rings is 1. The largest absolute Gasteiger partial charge is 0.478 e. The zero-order valence-electron chi connectivity index (χ0n) is 7.67. The molecule has 1 aromatic rings. The molecular weight excluding hydrogens is 200 g/mol. The van der Waals surface area contributed by atoms with E-state index in [0.29, 0.717) is 0 Å². The number of hydrogen-bond donors (Lipinski definition) is 1. The maximum atomic E-state index is 10.7. The minimum absolute atomic E-state index is 0.0415. The zero-order chi connectivity index (χ0) is 11.3. The third-order valence-electron chi connectivity index (χ3n) is 1.50. The first-order chi connectivity index (χ1) is 7.15. The number of carbonyl (C=O) groups is 2. The zero-order valence-corrected chi connectivity index (χ0v) is 7.67. The molecule has 0 aliphatic carbocycles. The molecule has 0 bridgehead atoms. The number of carboxylic acid groups (broad SMARTS) is 1. The van der Waals surface area contributed by atoms with Gasteiger partial charge in [0.15, 0.2) is 5.75 Å². The molecule has 0 saturated heterocycles. The van der Waals surface area contributed by atoms with Gasteiger partial charge in [-0.2, -0.15) is 0 Å². The SMILES string of the molecule is C=CC(=O)OOc1ccccc1C(=O)O. The van der Waals surface area contributed by atoms with Crippen LogP contribution in [-0.2, 0) is 9.68 Å². The van der Waals surface area contributed by atoms with E-state index in [2.05, 4.69) is 16.4 Å². The van der Waals surface area contributed by atoms with Gasteiger partial charge in [-0.3, -0.25) is 4.89 Å². The fourth-order valence-corrected chi connectivity index (χ4v) is 0.836. The van der Waals surface area contributed by atoms with Crippen LogP contribution < -0.4 is 4.89 Å². The molecule has 0 fully saturated rings. The maximum Gasteiger partial charge on any atom is 0.378 e. The van der Waals surface area contributed by atoms with Gasteiger partial charge in [-0.15, -0.1) is 0 Å². The lowest BCUT2D eigenvalue weighted by atomic mass is 10.2. The Morgan fingerprint density at radius 2 is 2.00 bits per heavy atom. The molecule has 0 atom stereocenters. The molecule has 1 N–H and O–H groups in total. The van der Waals surface area contributed by atoms with Crippen LogP contribution in [0, 0.1) is 0 Å². The molecule has 0 radical (unpaired) electrons. The van der Waals surface area contributed by atoms with Crippen molar-refractivity contribution in [1.29, 1.82) is 0 Å². The van der Waals surface area contributed by atoms with Crippen molar-refractivity contribution in [3.63, 3.8) is 0 Å². The summed E-state index contributed by atoms with van der Waals surface area (Å²) in [7, 11) is 0. The van der Waals surface area contributed by atoms with Crippen molar-refractivity contribution in [3.05, 3.63) is 42.5 Å². The first-order valence-corrected chi connectivity index (χ1v) is 3.98. The van der Waals surface area contributed by atoms with Gasteiger partial charge in [0, 0.05) is 6.08 Å². The minimum atomic E-state index is -1.17. The van der Waals surface area contributed by atoms with Gasteiger partial charge in [-0.05, 0) is 12.1 Å². The average Bonchev–Trinajstić information content (AvgIpc) is 2.26. The van der Waals surface area contributed by atoms with Crippen LogP contribution in [0.5, 0.6) is 5.75 Å². The Bertz CT molecular complexity index is 397. The number of hydrogen-bond acceptors (Lipinski definition) is 4. The summed E-state index contributed by atoms with van der Waals surface area (Å²) < 4.78 is 0. The van der Waals surface area contributed by atoms with E-state index in [1.807, 2.05) is 0 Å². The van der Waals surface area contributed by atoms with Gasteiger partial charge in [0.2, 0.25) is 0 Å². The highest BCUT2D eigenvalue weighted by molar-refractivity contribution is 5.90. The van der Waals surface area contributed by atoms with Gasteiger partial charge in [-0.25, -0.2) is 14.5 Å². The third-order valence-corrected chi connectivity index (χ3v) is 1.50. The molecule has 78 valence electrons. The highest BCUT2D eigenvalue weighted by Gasteiger charge is 2.12. The molecule has 1 aromatic carbocycles. The standard InChI is InChI=1S/C10H8O5/c1-2-9(11)15-14-8-6-4-3-5-7(8)10(12)13/h2-6H,1H2,(H,12,13). The van der Waals surface area contributed by atoms with Gasteiger partial charge >= 0.3 is 11.9 Å². The van der Waals surface area contributed by atoms with Crippen LogP contribution in [-0.4, -0.2) is 17.0 Å². The van der Waals surface area contributed by atoms with Crippen LogP contribution in [0.15, 0.2) is 36.9 Å². The fourth-order valence-electron chi connectivity index (χ4n) is 0.836. The lowest BCUT2D eigenvalue weighted by Gasteiger charge is -2.04. The second-order valence-corrected chi connectivity index (χ2v) is 2.49. The number of aromatic carboxylic acids is 1. The maximum absolute atomic E-state index is 10.7. The topological polar surface area (TPSA) is 72.8 Å². The lowest BCUT2D eigenvalue weighted by molar-refractivity contribution is -0.207. The molecular formula is C10H8O5. The van der Waals surface area contributed by atoms with E-state index in [1.165, 1.54) is 18.2 Å². The van der Waals surface area contributed by atoms with E-state index >= 15 is 0 Å². The van der Waals surface area contributed by atoms with E-state index in [0.717, 1.165) is 6.08 Å². The Balaban J connectivity index is 2.80. The van der Waals surface area contributed by atoms with Gasteiger partial charge < -0.3 is 5.11 Å². The molecule has 0 aromatic heterocycles. The molecule has 0 aliphatic rings. The van der Waals surface area contributed by atoms with Gasteiger partial charge in [0.25, 0.3) is 0 Å². The van der Waals surface area contributed by atoms with Crippen molar-refractivity contribution in [1.82, 2.24) is 0 Å². The van der Waals surface area contributed by atoms with Crippen LogP contribution in [0.4, 0.5) is 0 Å². The Kier molecular flexibility index (Phi) is 3.45. The van der Waals surface area contributed by atoms with Crippen molar-refractivity contribution in [2.24, 2.45) is 0 Å². The summed E-state index contributed by atoms with van der Waals surface area (Å²) in [6.45, 7) is 3.16. The van der Waals surface area contributed by atoms with Crippen molar-refractivity contribution < 1.29 is 24.5 Å². The summed E-state index contributed by atoms with van der Waals surface area (Å²) in [5.41, 5.74) is -0.0886. The number of rotatable bonds is 4. The highest BCUT2D eigenvalue weighted by Crippen LogP contribution is 2.17. The van der Waals surface area contributed by atoms with Crippen molar-refractivity contribution in [3.8, 4) is 5.75 Å². The minimum Gasteiger partial charge on any atom is -0.478 e. The predicted octanol–water partition coefficient (Wildman–Crippen LogP) is 1.41. The summed E-state index contributed by atoms with van der Waals surface area (Å²) in [6, 6.07) is 5.80. The predicted molar refractivity (Wildman–Crippen MR) is 50.3 cm³/mol. The summed E-state index contributed by atoms with van der Waals surface area (Å²) in [6.07, 6.45) is 0.906. The summed E-state index contributed by atoms with van der Waals surface area (Å²) >= 11 is 0. The average molecular weight is 208 g/mol. The molecule has 0 spiro atoms. The summed E-state index contributed by atoms with van der Waals surface area (Å²) in [4.78, 5) is 30.1. The molecule has 5 nitrogen and oxygen atoms in total. The third kappa shape index (κ3) is 2.84. The number of para-hydroxylation sites is 1. The smallest absolute Gasteiger partial charge is 0.378 e. The number of carboxylic acids is 1. The van der Waals surface area contributed by atoms with Crippen LogP contribution in [0.25, 0.3) is 0 Å². The summed E-state index contributed by atoms with van der Waals surface area (Å²) in [5, 5.41) is 8.75. The molecule has 1 rings (SSSR count). The molecule has 5 heteroatoms. The molecule has 0 amide bonds. The molecule has 0 unspecified atom stereocenters. The molecule has 0 heterocycles. The van der Waals surface area contributed by atoms with Crippen molar-refractivity contribution in [2.45, 2.75) is 0 Å². The van der Waals surface area contributed by atoms with E-state index in [9.17, 15) is 9.59 Å². The Hall–Kier alpha value is -2.30. The fraction of sp³-hybridized carbons (Fsp3) is 0. The van der Waals surface area contributed by atoms with Crippen LogP contribution in [0.2, 0.25) is 0 Å². The van der Waals surface area contributed by atoms with Crippen LogP contribution in [0.3, 0.4) is 0 Å². The molecule has 15 heavy (non-hydrogen) atoms. The van der Waals surface area contributed by atoms with E-state index in [4.69, 9.17) is 5.11 Å². The van der Waals surface area contributed by atoms with E-state index in [-0.39, 0.29) is 11.3 Å². The first-order valence-electron chi connectivity index (χ1n) is 3.98. The van der Waals surface area contributed by atoms with Crippen LogP contribution >= 0.6 is 0 Å². The van der Waals surface area contributed by atoms with Crippen molar-refractivity contribution >= 4 is 11.9 Å². The summed E-state index contributed by atoms with van der Waals surface area (Å²) in [5.74, 6) is -2.00. The second-order valence-electron chi connectivity index (χ2n) is 2.49. The quantitative estimate of drug-likeness (QED) is 0.460. The first kappa shape index (κ1) is 10.8. The van der Waals surface area contributed by atoms with Gasteiger partial charge in [-0.1, -0.05) is 18.7 Å². The Morgan fingerprint density at radius 1 is 1.33 bits per heavy atom. The van der Waals surface area contributed by atoms with Gasteiger partial charge in [0.1, 0.15) is 5.56 Å². The lowest BCUT2D eigenvalue weighted by Crippen LogP contribution is -2.07. The monoisotopic (exact) mass is 208 g/mol. The van der Waals surface area contributed by atoms with E-state index < -0.39 is 11.9 Å². The normalized spacial score (nSPS) is 9.07. The molecule has 0 aliphatic heterocycles. The molecule has 0 saturated carbocycles. The van der Waals surface area contributed by atoms with E-state index in [1.54, 1.807) is 6.07 Å². The Labute approximate surface area is 85.5 Å². The van der Waals surface area contributed by atoms with Crippen LogP contribution in [0.1, 0.15) is 10.4 Å².